The van der Waals surface area contributed by atoms with Gasteiger partial charge in [0, 0.05) is 10.2 Å². The molecule has 0 saturated heterocycles. The molecule has 0 fully saturated rings. The Morgan fingerprint density at radius 1 is 1.18 bits per heavy atom. The van der Waals surface area contributed by atoms with E-state index >= 15 is 0 Å². The summed E-state index contributed by atoms with van der Waals surface area (Å²) < 4.78 is 6.08. The quantitative estimate of drug-likeness (QED) is 0.598. The summed E-state index contributed by atoms with van der Waals surface area (Å²) >= 11 is 3.41. The van der Waals surface area contributed by atoms with Crippen molar-refractivity contribution in [1.29, 1.82) is 0 Å². The van der Waals surface area contributed by atoms with Gasteiger partial charge in [-0.05, 0) is 36.8 Å². The lowest BCUT2D eigenvalue weighted by atomic mass is 9.99. The molecule has 0 bridgehead atoms. The predicted octanol–water partition coefficient (Wildman–Crippen LogP) is 4.72. The molecule has 22 heavy (non-hydrogen) atoms. The van der Waals surface area contributed by atoms with E-state index < -0.39 is 0 Å². The van der Waals surface area contributed by atoms with Gasteiger partial charge in [-0.2, -0.15) is 0 Å². The Labute approximate surface area is 139 Å². The van der Waals surface area contributed by atoms with E-state index in [1.54, 1.807) is 6.92 Å². The first-order valence-corrected chi connectivity index (χ1v) is 7.84. The van der Waals surface area contributed by atoms with Gasteiger partial charge in [0.25, 0.3) is 0 Å². The number of nitrogens with one attached hydrogen (secondary N) is 1. The van der Waals surface area contributed by atoms with Crippen LogP contribution in [-0.4, -0.2) is 12.6 Å². The third-order valence-electron chi connectivity index (χ3n) is 3.17. The maximum absolute atomic E-state index is 12.0. The number of halogens is 1. The first-order valence-electron chi connectivity index (χ1n) is 7.04. The molecule has 1 N–H and O–H groups in total. The highest BCUT2D eigenvalue weighted by molar-refractivity contribution is 9.10. The molecule has 3 nitrogen and oxygen atoms in total. The third-order valence-corrected chi connectivity index (χ3v) is 3.70. The zero-order valence-corrected chi connectivity index (χ0v) is 14.0. The van der Waals surface area contributed by atoms with Gasteiger partial charge in [-0.15, -0.1) is 0 Å². The minimum absolute atomic E-state index is 0.331. The van der Waals surface area contributed by atoms with Crippen LogP contribution in [0.2, 0.25) is 0 Å². The van der Waals surface area contributed by atoms with Crippen LogP contribution in [0.1, 0.15) is 18.5 Å². The van der Waals surface area contributed by atoms with Gasteiger partial charge >= 0.3 is 5.97 Å². The van der Waals surface area contributed by atoms with Crippen molar-refractivity contribution >= 4 is 27.6 Å². The van der Waals surface area contributed by atoms with E-state index in [1.165, 1.54) is 0 Å². The van der Waals surface area contributed by atoms with Gasteiger partial charge in [0.15, 0.2) is 0 Å². The van der Waals surface area contributed by atoms with E-state index in [9.17, 15) is 4.79 Å². The van der Waals surface area contributed by atoms with Crippen molar-refractivity contribution in [2.45, 2.75) is 13.0 Å². The third kappa shape index (κ3) is 4.21. The molecule has 0 aliphatic carbocycles. The number of ether oxygens (including phenoxy) is 1. The van der Waals surface area contributed by atoms with Gasteiger partial charge in [0.05, 0.1) is 18.2 Å². The van der Waals surface area contributed by atoms with Crippen LogP contribution in [0.15, 0.2) is 71.2 Å². The highest BCUT2D eigenvalue weighted by Crippen LogP contribution is 2.27. The summed E-state index contributed by atoms with van der Waals surface area (Å²) in [5.74, 6) is -0.388. The average molecular weight is 360 g/mol. The minimum Gasteiger partial charge on any atom is -0.463 e. The number of hydrogen-bond acceptors (Lipinski definition) is 3. The molecule has 0 amide bonds. The highest BCUT2D eigenvalue weighted by atomic mass is 79.9. The van der Waals surface area contributed by atoms with Gasteiger partial charge < -0.3 is 10.1 Å². The second-order valence-corrected chi connectivity index (χ2v) is 5.66. The first-order chi connectivity index (χ1) is 10.6. The number of benzene rings is 2. The lowest BCUT2D eigenvalue weighted by Gasteiger charge is -2.21. The van der Waals surface area contributed by atoms with E-state index in [0.717, 1.165) is 15.7 Å². The molecule has 2 aromatic rings. The summed E-state index contributed by atoms with van der Waals surface area (Å²) in [5.41, 5.74) is 2.25. The molecule has 0 aliphatic rings. The number of esters is 1. The molecule has 2 rings (SSSR count). The lowest BCUT2D eigenvalue weighted by Crippen LogP contribution is -2.20. The summed E-state index contributed by atoms with van der Waals surface area (Å²) in [6.45, 7) is 6.03. The van der Waals surface area contributed by atoms with Crippen LogP contribution in [0.4, 0.5) is 5.69 Å². The molecule has 114 valence electrons. The Hall–Kier alpha value is -2.07. The molecule has 0 heterocycles. The maximum atomic E-state index is 12.0. The number of anilines is 1. The number of carbonyl (C=O) groups excluding carboxylic acids is 1. The van der Waals surface area contributed by atoms with Crippen LogP contribution in [0.3, 0.4) is 0 Å². The summed E-state index contributed by atoms with van der Waals surface area (Å²) in [6.07, 6.45) is 0. The van der Waals surface area contributed by atoms with Crippen LogP contribution in [-0.2, 0) is 9.53 Å². The van der Waals surface area contributed by atoms with Gasteiger partial charge in [0.1, 0.15) is 0 Å². The topological polar surface area (TPSA) is 38.3 Å². The molecule has 0 aromatic heterocycles. The zero-order chi connectivity index (χ0) is 15.9. The molecule has 0 spiro atoms. The molecular formula is C18H18BrNO2. The highest BCUT2D eigenvalue weighted by Gasteiger charge is 2.21. The van der Waals surface area contributed by atoms with Crippen LogP contribution < -0.4 is 5.32 Å². The Morgan fingerprint density at radius 3 is 2.41 bits per heavy atom. The summed E-state index contributed by atoms with van der Waals surface area (Å²) in [4.78, 5) is 12.0. The van der Waals surface area contributed by atoms with Gasteiger partial charge in [-0.3, -0.25) is 0 Å². The molecular weight excluding hydrogens is 342 g/mol. The largest absolute Gasteiger partial charge is 0.463 e. The maximum Gasteiger partial charge on any atom is 0.335 e. The summed E-state index contributed by atoms with van der Waals surface area (Å²) in [7, 11) is 0. The Balaban J connectivity index is 2.27. The number of hydrogen-bond donors (Lipinski definition) is 1. The molecule has 1 atom stereocenters. The van der Waals surface area contributed by atoms with Gasteiger partial charge in [0.2, 0.25) is 0 Å². The molecule has 2 aromatic carbocycles. The minimum atomic E-state index is -0.388. The van der Waals surface area contributed by atoms with E-state index in [1.807, 2.05) is 54.6 Å². The molecule has 0 aliphatic heterocycles. The summed E-state index contributed by atoms with van der Waals surface area (Å²) in [6, 6.07) is 17.2. The molecule has 4 heteroatoms. The monoisotopic (exact) mass is 359 g/mol. The van der Waals surface area contributed by atoms with Crippen molar-refractivity contribution in [1.82, 2.24) is 0 Å². The van der Waals surface area contributed by atoms with E-state index in [0.29, 0.717) is 12.2 Å². The predicted molar refractivity (Wildman–Crippen MR) is 92.7 cm³/mol. The van der Waals surface area contributed by atoms with Crippen LogP contribution in [0, 0.1) is 0 Å². The first kappa shape index (κ1) is 16.3. The van der Waals surface area contributed by atoms with Crippen molar-refractivity contribution in [3.05, 3.63) is 76.8 Å². The van der Waals surface area contributed by atoms with Crippen LogP contribution in [0.5, 0.6) is 0 Å². The fraction of sp³-hybridized carbons (Fsp3) is 0.167. The average Bonchev–Trinajstić information content (AvgIpc) is 2.55. The van der Waals surface area contributed by atoms with Crippen molar-refractivity contribution < 1.29 is 9.53 Å². The molecule has 0 radical (unpaired) electrons. The van der Waals surface area contributed by atoms with Crippen molar-refractivity contribution in [2.75, 3.05) is 11.9 Å². The normalized spacial score (nSPS) is 11.5. The fourth-order valence-electron chi connectivity index (χ4n) is 2.07. The van der Waals surface area contributed by atoms with Crippen molar-refractivity contribution in [3.63, 3.8) is 0 Å². The molecule has 0 unspecified atom stereocenters. The smallest absolute Gasteiger partial charge is 0.335 e. The van der Waals surface area contributed by atoms with E-state index in [4.69, 9.17) is 4.74 Å². The zero-order valence-electron chi connectivity index (χ0n) is 12.4. The standard InChI is InChI=1S/C18H18BrNO2/c1-3-22-18(21)13(2)17(14-7-5-4-6-8-14)20-16-11-9-15(19)10-12-16/h4-12,17,20H,2-3H2,1H3/t17-/m1/s1. The summed E-state index contributed by atoms with van der Waals surface area (Å²) in [5, 5.41) is 3.34. The van der Waals surface area contributed by atoms with E-state index in [2.05, 4.69) is 27.8 Å². The Morgan fingerprint density at radius 2 is 1.82 bits per heavy atom. The SMILES string of the molecule is C=C(C(=O)OCC)[C@@H](Nc1ccc(Br)cc1)c1ccccc1. The fourth-order valence-corrected chi connectivity index (χ4v) is 2.34. The Bertz CT molecular complexity index is 638. The second kappa shape index (κ2) is 7.80. The van der Waals surface area contributed by atoms with Crippen LogP contribution >= 0.6 is 15.9 Å². The van der Waals surface area contributed by atoms with Gasteiger partial charge in [-0.25, -0.2) is 4.79 Å². The van der Waals surface area contributed by atoms with E-state index in [-0.39, 0.29) is 12.0 Å². The van der Waals surface area contributed by atoms with Gasteiger partial charge in [-0.1, -0.05) is 52.8 Å². The van der Waals surface area contributed by atoms with Crippen LogP contribution in [0.25, 0.3) is 0 Å². The second-order valence-electron chi connectivity index (χ2n) is 4.74. The molecule has 0 saturated carbocycles. The lowest BCUT2D eigenvalue weighted by molar-refractivity contribution is -0.138. The number of rotatable bonds is 6. The van der Waals surface area contributed by atoms with Crippen molar-refractivity contribution in [2.24, 2.45) is 0 Å². The Kier molecular flexibility index (Phi) is 5.78. The van der Waals surface area contributed by atoms with Crippen molar-refractivity contribution in [3.8, 4) is 0 Å². The number of carbonyl (C=O) groups is 1.